The number of aromatic nitrogens is 1. The van der Waals surface area contributed by atoms with E-state index in [-0.39, 0.29) is 15.1 Å². The average Bonchev–Trinajstić information content (AvgIpc) is 2.36. The van der Waals surface area contributed by atoms with Crippen LogP contribution in [0.1, 0.15) is 5.56 Å². The predicted octanol–water partition coefficient (Wildman–Crippen LogP) is 4.10. The molecule has 0 spiro atoms. The van der Waals surface area contributed by atoms with E-state index in [1.54, 1.807) is 6.07 Å². The van der Waals surface area contributed by atoms with Gasteiger partial charge < -0.3 is 0 Å². The summed E-state index contributed by atoms with van der Waals surface area (Å²) >= 11 is 13.6. The summed E-state index contributed by atoms with van der Waals surface area (Å²) in [5.74, 6) is 0. The maximum Gasteiger partial charge on any atom is 0.263 e. The van der Waals surface area contributed by atoms with Crippen molar-refractivity contribution < 1.29 is 8.42 Å². The number of anilines is 1. The summed E-state index contributed by atoms with van der Waals surface area (Å²) in [5.41, 5.74) is 1.34. The van der Waals surface area contributed by atoms with E-state index in [1.807, 2.05) is 19.1 Å². The Bertz CT molecular complexity index is 766. The number of nitrogens with zero attached hydrogens (tertiary/aromatic N) is 1. The van der Waals surface area contributed by atoms with E-state index in [9.17, 15) is 8.42 Å². The lowest BCUT2D eigenvalue weighted by Gasteiger charge is -2.11. The molecule has 8 heteroatoms. The van der Waals surface area contributed by atoms with E-state index in [0.717, 1.165) is 9.13 Å². The van der Waals surface area contributed by atoms with Crippen LogP contribution in [0.2, 0.25) is 10.2 Å². The second-order valence-corrected chi connectivity index (χ2v) is 7.70. The SMILES string of the molecule is Cc1cc(I)ccc1NS(=O)(=O)c1cnc(Cl)c(Cl)c1. The van der Waals surface area contributed by atoms with E-state index in [0.29, 0.717) is 5.69 Å². The number of benzene rings is 1. The summed E-state index contributed by atoms with van der Waals surface area (Å²) in [4.78, 5) is 3.70. The van der Waals surface area contributed by atoms with Gasteiger partial charge in [-0.3, -0.25) is 4.72 Å². The maximum absolute atomic E-state index is 12.2. The summed E-state index contributed by atoms with van der Waals surface area (Å²) in [5, 5.41) is 0.157. The summed E-state index contributed by atoms with van der Waals surface area (Å²) in [6.07, 6.45) is 1.17. The standard InChI is InChI=1S/C12H9Cl2IN2O2S/c1-7-4-8(15)2-3-11(7)17-20(18,19)9-5-10(13)12(14)16-6-9/h2-6,17H,1H3. The van der Waals surface area contributed by atoms with Gasteiger partial charge in [-0.25, -0.2) is 13.4 Å². The molecule has 106 valence electrons. The Morgan fingerprint density at radius 2 is 1.95 bits per heavy atom. The first-order valence-electron chi connectivity index (χ1n) is 5.39. The highest BCUT2D eigenvalue weighted by atomic mass is 127. The normalized spacial score (nSPS) is 11.4. The molecule has 1 heterocycles. The zero-order valence-corrected chi connectivity index (χ0v) is 14.7. The molecule has 0 amide bonds. The molecule has 2 aromatic rings. The molecule has 1 aromatic carbocycles. The van der Waals surface area contributed by atoms with Crippen LogP contribution in [0, 0.1) is 10.5 Å². The Hall–Kier alpha value is -0.570. The molecule has 0 aliphatic rings. The molecular weight excluding hydrogens is 434 g/mol. The highest BCUT2D eigenvalue weighted by molar-refractivity contribution is 14.1. The van der Waals surface area contributed by atoms with E-state index in [2.05, 4.69) is 32.3 Å². The smallest absolute Gasteiger partial charge is 0.263 e. The number of halogens is 3. The third-order valence-electron chi connectivity index (χ3n) is 2.51. The van der Waals surface area contributed by atoms with Crippen molar-refractivity contribution >= 4 is 61.5 Å². The number of hydrogen-bond donors (Lipinski definition) is 1. The minimum Gasteiger partial charge on any atom is -0.279 e. The zero-order chi connectivity index (χ0) is 14.9. The lowest BCUT2D eigenvalue weighted by molar-refractivity contribution is 0.601. The molecule has 2 rings (SSSR count). The van der Waals surface area contributed by atoms with Gasteiger partial charge in [0, 0.05) is 9.77 Å². The third-order valence-corrected chi connectivity index (χ3v) is 5.20. The van der Waals surface area contributed by atoms with Gasteiger partial charge in [0.05, 0.1) is 10.7 Å². The zero-order valence-electron chi connectivity index (χ0n) is 10.2. The second kappa shape index (κ2) is 6.05. The highest BCUT2D eigenvalue weighted by Crippen LogP contribution is 2.25. The van der Waals surface area contributed by atoms with Crippen molar-refractivity contribution in [2.24, 2.45) is 0 Å². The molecule has 0 aliphatic carbocycles. The van der Waals surface area contributed by atoms with Crippen LogP contribution in [0.5, 0.6) is 0 Å². The monoisotopic (exact) mass is 442 g/mol. The largest absolute Gasteiger partial charge is 0.279 e. The molecular formula is C12H9Cl2IN2O2S. The summed E-state index contributed by atoms with van der Waals surface area (Å²) in [6, 6.07) is 6.67. The predicted molar refractivity (Wildman–Crippen MR) is 89.0 cm³/mol. The van der Waals surface area contributed by atoms with Crippen LogP contribution in [0.4, 0.5) is 5.69 Å². The fourth-order valence-corrected chi connectivity index (χ4v) is 3.58. The van der Waals surface area contributed by atoms with Crippen LogP contribution >= 0.6 is 45.8 Å². The Balaban J connectivity index is 2.38. The third kappa shape index (κ3) is 3.55. The van der Waals surface area contributed by atoms with Crippen molar-refractivity contribution in [3.63, 3.8) is 0 Å². The van der Waals surface area contributed by atoms with Gasteiger partial charge in [0.25, 0.3) is 10.0 Å². The van der Waals surface area contributed by atoms with Gasteiger partial charge >= 0.3 is 0 Å². The van der Waals surface area contributed by atoms with Crippen molar-refractivity contribution in [1.82, 2.24) is 4.98 Å². The van der Waals surface area contributed by atoms with Crippen LogP contribution in [-0.4, -0.2) is 13.4 Å². The molecule has 0 saturated carbocycles. The quantitative estimate of drug-likeness (QED) is 0.575. The topological polar surface area (TPSA) is 59.1 Å². The van der Waals surface area contributed by atoms with E-state index >= 15 is 0 Å². The van der Waals surface area contributed by atoms with Gasteiger partial charge in [-0.1, -0.05) is 23.2 Å². The molecule has 0 fully saturated rings. The van der Waals surface area contributed by atoms with Gasteiger partial charge in [0.1, 0.15) is 10.0 Å². The number of pyridine rings is 1. The van der Waals surface area contributed by atoms with Crippen LogP contribution in [0.15, 0.2) is 35.4 Å². The van der Waals surface area contributed by atoms with E-state index in [4.69, 9.17) is 23.2 Å². The number of rotatable bonds is 3. The Labute approximate surface area is 140 Å². The molecule has 0 atom stereocenters. The number of hydrogen-bond acceptors (Lipinski definition) is 3. The molecule has 0 unspecified atom stereocenters. The number of aryl methyl sites for hydroxylation is 1. The fraction of sp³-hybridized carbons (Fsp3) is 0.0833. The maximum atomic E-state index is 12.2. The fourth-order valence-electron chi connectivity index (χ4n) is 1.50. The van der Waals surface area contributed by atoms with Crippen molar-refractivity contribution in [3.05, 3.63) is 49.8 Å². The molecule has 0 radical (unpaired) electrons. The van der Waals surface area contributed by atoms with Gasteiger partial charge in [0.15, 0.2) is 0 Å². The molecule has 1 aromatic heterocycles. The van der Waals surface area contributed by atoms with Gasteiger partial charge in [0.2, 0.25) is 0 Å². The molecule has 4 nitrogen and oxygen atoms in total. The van der Waals surface area contributed by atoms with Gasteiger partial charge in [-0.05, 0) is 59.3 Å². The first-order valence-corrected chi connectivity index (χ1v) is 8.71. The Morgan fingerprint density at radius 3 is 2.55 bits per heavy atom. The lowest BCUT2D eigenvalue weighted by atomic mass is 10.2. The van der Waals surface area contributed by atoms with Crippen molar-refractivity contribution in [2.45, 2.75) is 11.8 Å². The number of nitrogens with one attached hydrogen (secondary N) is 1. The van der Waals surface area contributed by atoms with Crippen LogP contribution in [-0.2, 0) is 10.0 Å². The Morgan fingerprint density at radius 1 is 1.25 bits per heavy atom. The van der Waals surface area contributed by atoms with Crippen LogP contribution in [0.25, 0.3) is 0 Å². The first kappa shape index (κ1) is 15.8. The van der Waals surface area contributed by atoms with Crippen LogP contribution < -0.4 is 4.72 Å². The minimum atomic E-state index is -3.75. The summed E-state index contributed by atoms with van der Waals surface area (Å²) in [7, 11) is -3.75. The van der Waals surface area contributed by atoms with Crippen molar-refractivity contribution in [3.8, 4) is 0 Å². The molecule has 0 aliphatic heterocycles. The molecule has 0 saturated heterocycles. The summed E-state index contributed by atoms with van der Waals surface area (Å²) in [6.45, 7) is 1.83. The second-order valence-electron chi connectivity index (χ2n) is 4.01. The molecule has 20 heavy (non-hydrogen) atoms. The molecule has 0 bridgehead atoms. The highest BCUT2D eigenvalue weighted by Gasteiger charge is 2.17. The van der Waals surface area contributed by atoms with E-state index < -0.39 is 10.0 Å². The summed E-state index contributed by atoms with van der Waals surface area (Å²) < 4.78 is 28.0. The van der Waals surface area contributed by atoms with Gasteiger partial charge in [-0.2, -0.15) is 0 Å². The van der Waals surface area contributed by atoms with E-state index in [1.165, 1.54) is 12.3 Å². The molecule has 1 N–H and O–H groups in total. The first-order chi connectivity index (χ1) is 9.29. The Kier molecular flexibility index (Phi) is 4.78. The number of sulfonamides is 1. The van der Waals surface area contributed by atoms with Crippen molar-refractivity contribution in [2.75, 3.05) is 4.72 Å². The average molecular weight is 443 g/mol. The minimum absolute atomic E-state index is 0.0372. The van der Waals surface area contributed by atoms with Gasteiger partial charge in [-0.15, -0.1) is 0 Å². The van der Waals surface area contributed by atoms with Crippen LogP contribution in [0.3, 0.4) is 0 Å². The van der Waals surface area contributed by atoms with Crippen molar-refractivity contribution in [1.29, 1.82) is 0 Å². The lowest BCUT2D eigenvalue weighted by Crippen LogP contribution is -2.14.